The fraction of sp³-hybridized carbons (Fsp3) is 0.250. The molecule has 0 atom stereocenters. The number of aryl methyl sites for hydroxylation is 2. The third kappa shape index (κ3) is 3.24. The first-order valence-electron chi connectivity index (χ1n) is 8.62. The highest BCUT2D eigenvalue weighted by atomic mass is 32.2. The van der Waals surface area contributed by atoms with Crippen LogP contribution >= 0.6 is 11.8 Å². The molecule has 4 rings (SSSR count). The van der Waals surface area contributed by atoms with E-state index in [0.29, 0.717) is 16.1 Å². The number of nitrogens with one attached hydrogen (secondary N) is 1. The van der Waals surface area contributed by atoms with Crippen molar-refractivity contribution in [1.82, 2.24) is 9.55 Å². The van der Waals surface area contributed by atoms with Gasteiger partial charge in [0.2, 0.25) is 5.91 Å². The van der Waals surface area contributed by atoms with Crippen LogP contribution in [-0.4, -0.2) is 21.2 Å². The Morgan fingerprint density at radius 1 is 1.19 bits per heavy atom. The molecule has 1 aromatic heterocycles. The molecule has 1 heterocycles. The van der Waals surface area contributed by atoms with Crippen LogP contribution in [0.1, 0.15) is 17.5 Å². The third-order valence-electron chi connectivity index (χ3n) is 4.66. The molecule has 6 heteroatoms. The number of benzene rings is 2. The monoisotopic (exact) mass is 365 g/mol. The van der Waals surface area contributed by atoms with Crippen molar-refractivity contribution in [2.75, 3.05) is 11.1 Å². The van der Waals surface area contributed by atoms with Crippen LogP contribution in [0, 0.1) is 0 Å². The molecule has 1 amide bonds. The molecule has 0 unspecified atom stereocenters. The minimum absolute atomic E-state index is 0.0999. The highest BCUT2D eigenvalue weighted by molar-refractivity contribution is 7.99. The summed E-state index contributed by atoms with van der Waals surface area (Å²) in [5, 5.41) is 4.06. The Hall–Kier alpha value is -2.60. The van der Waals surface area contributed by atoms with E-state index in [-0.39, 0.29) is 17.2 Å². The minimum Gasteiger partial charge on any atom is -0.325 e. The topological polar surface area (TPSA) is 64.0 Å². The van der Waals surface area contributed by atoms with Crippen molar-refractivity contribution in [3.63, 3.8) is 0 Å². The maximum atomic E-state index is 12.4. The Morgan fingerprint density at radius 2 is 2.00 bits per heavy atom. The van der Waals surface area contributed by atoms with Gasteiger partial charge >= 0.3 is 0 Å². The van der Waals surface area contributed by atoms with Crippen LogP contribution in [0.2, 0.25) is 0 Å². The van der Waals surface area contributed by atoms with Crippen molar-refractivity contribution in [3.8, 4) is 0 Å². The summed E-state index contributed by atoms with van der Waals surface area (Å²) in [7, 11) is 1.68. The van der Waals surface area contributed by atoms with E-state index in [2.05, 4.69) is 22.4 Å². The molecule has 5 nitrogen and oxygen atoms in total. The predicted octanol–water partition coefficient (Wildman–Crippen LogP) is 3.15. The Balaban J connectivity index is 1.47. The van der Waals surface area contributed by atoms with Crippen molar-refractivity contribution in [3.05, 3.63) is 63.9 Å². The zero-order valence-electron chi connectivity index (χ0n) is 14.5. The Bertz CT molecular complexity index is 1060. The molecule has 0 saturated heterocycles. The number of nitrogens with zero attached hydrogens (tertiary/aromatic N) is 2. The van der Waals surface area contributed by atoms with Crippen LogP contribution < -0.4 is 10.9 Å². The van der Waals surface area contributed by atoms with Gasteiger partial charge < -0.3 is 5.32 Å². The van der Waals surface area contributed by atoms with Crippen LogP contribution in [0.3, 0.4) is 0 Å². The van der Waals surface area contributed by atoms with Crippen molar-refractivity contribution in [1.29, 1.82) is 0 Å². The molecular formula is C20H19N3O2S. The van der Waals surface area contributed by atoms with E-state index in [9.17, 15) is 9.59 Å². The molecular weight excluding hydrogens is 346 g/mol. The molecule has 1 aliphatic carbocycles. The van der Waals surface area contributed by atoms with Crippen molar-refractivity contribution in [2.24, 2.45) is 7.05 Å². The summed E-state index contributed by atoms with van der Waals surface area (Å²) < 4.78 is 1.50. The lowest BCUT2D eigenvalue weighted by molar-refractivity contribution is -0.113. The summed E-state index contributed by atoms with van der Waals surface area (Å²) >= 11 is 1.27. The van der Waals surface area contributed by atoms with Crippen LogP contribution in [0.25, 0.3) is 10.9 Å². The number of aromatic nitrogens is 2. The van der Waals surface area contributed by atoms with E-state index in [1.807, 2.05) is 24.3 Å². The van der Waals surface area contributed by atoms with Gasteiger partial charge in [-0.25, -0.2) is 4.98 Å². The van der Waals surface area contributed by atoms with Gasteiger partial charge in [0, 0.05) is 12.7 Å². The number of rotatable bonds is 4. The molecule has 1 N–H and O–H groups in total. The maximum Gasteiger partial charge on any atom is 0.261 e. The molecule has 2 aromatic carbocycles. The maximum absolute atomic E-state index is 12.4. The first kappa shape index (κ1) is 16.8. The van der Waals surface area contributed by atoms with E-state index in [1.165, 1.54) is 33.9 Å². The third-order valence-corrected chi connectivity index (χ3v) is 5.69. The number of hydrogen-bond donors (Lipinski definition) is 1. The summed E-state index contributed by atoms with van der Waals surface area (Å²) in [6.45, 7) is 0. The average molecular weight is 365 g/mol. The molecule has 0 fully saturated rings. The number of anilines is 1. The number of carbonyl (C=O) groups is 1. The van der Waals surface area contributed by atoms with Crippen LogP contribution in [0.5, 0.6) is 0 Å². The van der Waals surface area contributed by atoms with Gasteiger partial charge in [0.1, 0.15) is 0 Å². The van der Waals surface area contributed by atoms with Gasteiger partial charge in [0.25, 0.3) is 5.56 Å². The Labute approximate surface area is 155 Å². The Morgan fingerprint density at radius 3 is 2.88 bits per heavy atom. The van der Waals surface area contributed by atoms with Gasteiger partial charge in [-0.2, -0.15) is 0 Å². The number of thioether (sulfide) groups is 1. The highest BCUT2D eigenvalue weighted by Gasteiger charge is 2.13. The lowest BCUT2D eigenvalue weighted by Crippen LogP contribution is -2.21. The number of fused-ring (bicyclic) bond motifs is 2. The molecule has 0 bridgehead atoms. The summed E-state index contributed by atoms with van der Waals surface area (Å²) in [4.78, 5) is 29.2. The van der Waals surface area contributed by atoms with Gasteiger partial charge in [0.05, 0.1) is 16.7 Å². The van der Waals surface area contributed by atoms with Crippen LogP contribution in [0.4, 0.5) is 5.69 Å². The van der Waals surface area contributed by atoms with E-state index < -0.39 is 0 Å². The van der Waals surface area contributed by atoms with Crippen molar-refractivity contribution < 1.29 is 4.79 Å². The molecule has 132 valence electrons. The summed E-state index contributed by atoms with van der Waals surface area (Å²) in [6.07, 6.45) is 3.39. The summed E-state index contributed by atoms with van der Waals surface area (Å²) in [5.74, 6) is 0.103. The van der Waals surface area contributed by atoms with Crippen LogP contribution in [-0.2, 0) is 24.7 Å². The Kier molecular flexibility index (Phi) is 4.51. The summed E-state index contributed by atoms with van der Waals surface area (Å²) in [6, 6.07) is 13.4. The van der Waals surface area contributed by atoms with E-state index >= 15 is 0 Å². The van der Waals surface area contributed by atoms with Crippen LogP contribution in [0.15, 0.2) is 52.4 Å². The number of hydrogen-bond acceptors (Lipinski definition) is 4. The first-order valence-corrected chi connectivity index (χ1v) is 9.60. The molecule has 0 radical (unpaired) electrons. The van der Waals surface area contributed by atoms with E-state index in [1.54, 1.807) is 13.1 Å². The minimum atomic E-state index is -0.102. The predicted molar refractivity (Wildman–Crippen MR) is 105 cm³/mol. The smallest absolute Gasteiger partial charge is 0.261 e. The second-order valence-electron chi connectivity index (χ2n) is 6.45. The van der Waals surface area contributed by atoms with Gasteiger partial charge in [-0.1, -0.05) is 30.0 Å². The van der Waals surface area contributed by atoms with Gasteiger partial charge in [-0.15, -0.1) is 0 Å². The number of amides is 1. The average Bonchev–Trinajstić information content (AvgIpc) is 3.11. The number of carbonyl (C=O) groups excluding carboxylic acids is 1. The lowest BCUT2D eigenvalue weighted by atomic mass is 10.1. The molecule has 0 aliphatic heterocycles. The van der Waals surface area contributed by atoms with Gasteiger partial charge in [0.15, 0.2) is 5.16 Å². The number of para-hydroxylation sites is 1. The summed E-state index contributed by atoms with van der Waals surface area (Å²) in [5.41, 5.74) is 4.09. The SMILES string of the molecule is Cn1c(SCC(=O)Nc2ccc3c(c2)CCC3)nc2ccccc2c1=O. The largest absolute Gasteiger partial charge is 0.325 e. The quantitative estimate of drug-likeness (QED) is 0.570. The molecule has 3 aromatic rings. The fourth-order valence-corrected chi connectivity index (χ4v) is 4.08. The molecule has 0 spiro atoms. The lowest BCUT2D eigenvalue weighted by Gasteiger charge is -2.10. The zero-order chi connectivity index (χ0) is 18.1. The van der Waals surface area contributed by atoms with Gasteiger partial charge in [-0.05, 0) is 54.7 Å². The van der Waals surface area contributed by atoms with Crippen molar-refractivity contribution >= 4 is 34.3 Å². The van der Waals surface area contributed by atoms with E-state index in [4.69, 9.17) is 0 Å². The molecule has 0 saturated carbocycles. The van der Waals surface area contributed by atoms with E-state index in [0.717, 1.165) is 18.5 Å². The zero-order valence-corrected chi connectivity index (χ0v) is 15.3. The standard InChI is InChI=1S/C20H19N3O2S/c1-23-19(25)16-7-2-3-8-17(16)22-20(23)26-12-18(24)21-15-10-9-13-5-4-6-14(13)11-15/h2-3,7-11H,4-6,12H2,1H3,(H,21,24). The normalized spacial score (nSPS) is 13.0. The van der Waals surface area contributed by atoms with Crippen molar-refractivity contribution in [2.45, 2.75) is 24.4 Å². The second-order valence-corrected chi connectivity index (χ2v) is 7.39. The fourth-order valence-electron chi connectivity index (χ4n) is 3.30. The van der Waals surface area contributed by atoms with Gasteiger partial charge in [-0.3, -0.25) is 14.2 Å². The highest BCUT2D eigenvalue weighted by Crippen LogP contribution is 2.25. The molecule has 1 aliphatic rings. The first-order chi connectivity index (χ1) is 12.6. The molecule has 26 heavy (non-hydrogen) atoms. The second kappa shape index (κ2) is 6.96.